The highest BCUT2D eigenvalue weighted by Gasteiger charge is 2.62. The third-order valence-corrected chi connectivity index (χ3v) is 14.8. The van der Waals surface area contributed by atoms with Crippen LogP contribution in [0.5, 0.6) is 0 Å². The van der Waals surface area contributed by atoms with Crippen LogP contribution in [-0.2, 0) is 10.8 Å². The minimum atomic E-state index is -0.0107. The molecule has 2 unspecified atom stereocenters. The molecule has 1 aliphatic carbocycles. The Bertz CT molecular complexity index is 2660. The number of hydrogen-bond acceptors (Lipinski definition) is 3. The van der Waals surface area contributed by atoms with Gasteiger partial charge in [-0.05, 0) is 94.3 Å². The van der Waals surface area contributed by atoms with E-state index < -0.39 is 0 Å². The van der Waals surface area contributed by atoms with Gasteiger partial charge >= 0.3 is 6.85 Å². The van der Waals surface area contributed by atoms with E-state index in [1.807, 2.05) is 11.3 Å². The van der Waals surface area contributed by atoms with Crippen molar-refractivity contribution in [3.8, 4) is 11.1 Å². The molecule has 11 rings (SSSR count). The second-order valence-electron chi connectivity index (χ2n) is 17.3. The molecule has 7 aromatic rings. The van der Waals surface area contributed by atoms with Crippen LogP contribution in [0.3, 0.4) is 0 Å². The average Bonchev–Trinajstić information content (AvgIpc) is 3.60. The zero-order valence-corrected chi connectivity index (χ0v) is 31.3. The fourth-order valence-corrected chi connectivity index (χ4v) is 12.1. The summed E-state index contributed by atoms with van der Waals surface area (Å²) >= 11 is 1.96. The van der Waals surface area contributed by atoms with E-state index in [1.165, 1.54) is 113 Å². The molecule has 0 saturated heterocycles. The van der Waals surface area contributed by atoms with Gasteiger partial charge in [0.15, 0.2) is 0 Å². The fourth-order valence-electron chi connectivity index (χ4n) is 10.8. The maximum Gasteiger partial charge on any atom is 0.333 e. The molecule has 6 aromatic carbocycles. The Hall–Kier alpha value is -4.54. The van der Waals surface area contributed by atoms with Crippen LogP contribution in [0.4, 0.5) is 22.7 Å². The molecule has 4 heterocycles. The van der Waals surface area contributed by atoms with Crippen LogP contribution in [0.15, 0.2) is 103 Å². The van der Waals surface area contributed by atoms with Crippen molar-refractivity contribution in [3.05, 3.63) is 120 Å². The van der Waals surface area contributed by atoms with Gasteiger partial charge in [-0.3, -0.25) is 0 Å². The Morgan fingerprint density at radius 3 is 2.29 bits per heavy atom. The summed E-state index contributed by atoms with van der Waals surface area (Å²) in [4.78, 5) is 5.67. The Morgan fingerprint density at radius 1 is 0.725 bits per heavy atom. The highest BCUT2D eigenvalue weighted by molar-refractivity contribution is 7.26. The van der Waals surface area contributed by atoms with Crippen LogP contribution in [0.25, 0.3) is 42.1 Å². The van der Waals surface area contributed by atoms with E-state index in [0.717, 1.165) is 0 Å². The zero-order chi connectivity index (χ0) is 34.6. The molecule has 1 aromatic heterocycles. The van der Waals surface area contributed by atoms with Gasteiger partial charge < -0.3 is 9.71 Å². The second-order valence-corrected chi connectivity index (χ2v) is 18.3. The van der Waals surface area contributed by atoms with Crippen molar-refractivity contribution < 1.29 is 0 Å². The quantitative estimate of drug-likeness (QED) is 0.160. The smallest absolute Gasteiger partial charge is 0.333 e. The molecule has 0 N–H and O–H groups in total. The fraction of sp³-hybridized carbons (Fsp3) is 0.277. The first-order valence-electron chi connectivity index (χ1n) is 18.9. The summed E-state index contributed by atoms with van der Waals surface area (Å²) in [5.41, 5.74) is 15.7. The standard InChI is InChI=1S/C47H43BN2S/c1-28-15-7-11-19-37(28)50-42-34(22-21-33-32-18-10-12-20-39(32)51-44(33)42)40-31-17-9-8-16-29(31)25-38-41(40)48(50)36-27-30(45(2,3)4)26-35-43(36)49(38)47(6)24-14-13-23-46(35,47)5/h7-12,15-22,25-27H,13-14,23-24H2,1-6H3. The Balaban J connectivity index is 1.38. The van der Waals surface area contributed by atoms with Crippen LogP contribution in [0.2, 0.25) is 0 Å². The molecule has 0 radical (unpaired) electrons. The summed E-state index contributed by atoms with van der Waals surface area (Å²) in [6, 6.07) is 40.0. The average molecular weight is 679 g/mol. The first kappa shape index (κ1) is 30.1. The molecule has 2 atom stereocenters. The minimum Gasteiger partial charge on any atom is -0.375 e. The topological polar surface area (TPSA) is 6.48 Å². The lowest BCUT2D eigenvalue weighted by Gasteiger charge is -2.53. The van der Waals surface area contributed by atoms with Gasteiger partial charge in [-0.2, -0.15) is 0 Å². The van der Waals surface area contributed by atoms with Gasteiger partial charge in [0.25, 0.3) is 0 Å². The number of aryl methyl sites for hydroxylation is 1. The largest absolute Gasteiger partial charge is 0.375 e. The van der Waals surface area contributed by atoms with E-state index >= 15 is 0 Å². The van der Waals surface area contributed by atoms with Gasteiger partial charge in [0.1, 0.15) is 0 Å². The van der Waals surface area contributed by atoms with Gasteiger partial charge in [0, 0.05) is 43.5 Å². The molecule has 0 spiro atoms. The number of thiophene rings is 1. The minimum absolute atomic E-state index is 0.0107. The van der Waals surface area contributed by atoms with Gasteiger partial charge in [0.05, 0.1) is 15.9 Å². The van der Waals surface area contributed by atoms with Crippen LogP contribution < -0.4 is 20.6 Å². The number of fused-ring (bicyclic) bond motifs is 13. The molecule has 250 valence electrons. The Kier molecular flexibility index (Phi) is 5.83. The molecular formula is C47H43BN2S. The van der Waals surface area contributed by atoms with Crippen molar-refractivity contribution in [2.24, 2.45) is 0 Å². The highest BCUT2D eigenvalue weighted by atomic mass is 32.1. The summed E-state index contributed by atoms with van der Waals surface area (Å²) in [7, 11) is 0. The van der Waals surface area contributed by atoms with Gasteiger partial charge in [0.2, 0.25) is 0 Å². The molecule has 3 aliphatic heterocycles. The molecule has 1 saturated carbocycles. The monoisotopic (exact) mass is 678 g/mol. The first-order chi connectivity index (χ1) is 24.6. The number of hydrogen-bond donors (Lipinski definition) is 0. The lowest BCUT2D eigenvalue weighted by atomic mass is 9.42. The van der Waals surface area contributed by atoms with E-state index in [-0.39, 0.29) is 23.2 Å². The van der Waals surface area contributed by atoms with Gasteiger partial charge in [-0.25, -0.2) is 0 Å². The Labute approximate surface area is 305 Å². The zero-order valence-electron chi connectivity index (χ0n) is 30.5. The summed E-state index contributed by atoms with van der Waals surface area (Å²) in [6.45, 7) is 14.8. The number of rotatable bonds is 1. The molecule has 1 fully saturated rings. The van der Waals surface area contributed by atoms with E-state index in [2.05, 4.69) is 154 Å². The maximum atomic E-state index is 2.88. The summed E-state index contributed by atoms with van der Waals surface area (Å²) in [5.74, 6) is 0. The van der Waals surface area contributed by atoms with E-state index in [9.17, 15) is 0 Å². The normalized spacial score (nSPS) is 21.6. The van der Waals surface area contributed by atoms with E-state index in [0.29, 0.717) is 0 Å². The molecule has 0 bridgehead atoms. The predicted molar refractivity (Wildman–Crippen MR) is 222 cm³/mol. The Morgan fingerprint density at radius 2 is 1.47 bits per heavy atom. The maximum absolute atomic E-state index is 2.88. The van der Waals surface area contributed by atoms with Crippen LogP contribution in [0, 0.1) is 6.92 Å². The third-order valence-electron chi connectivity index (χ3n) is 13.6. The van der Waals surface area contributed by atoms with Gasteiger partial charge in [-0.1, -0.05) is 125 Å². The summed E-state index contributed by atoms with van der Waals surface area (Å²) in [6.07, 6.45) is 5.00. The number of para-hydroxylation sites is 1. The summed E-state index contributed by atoms with van der Waals surface area (Å²) in [5, 5.41) is 5.40. The lowest BCUT2D eigenvalue weighted by molar-refractivity contribution is 0.195. The summed E-state index contributed by atoms with van der Waals surface area (Å²) < 4.78 is 2.74. The molecule has 4 heteroatoms. The highest BCUT2D eigenvalue weighted by Crippen LogP contribution is 2.63. The number of anilines is 4. The molecule has 0 amide bonds. The van der Waals surface area contributed by atoms with Crippen molar-refractivity contribution in [2.45, 2.75) is 83.6 Å². The van der Waals surface area contributed by atoms with Crippen LogP contribution >= 0.6 is 11.3 Å². The molecule has 51 heavy (non-hydrogen) atoms. The van der Waals surface area contributed by atoms with Crippen LogP contribution in [0.1, 0.15) is 77.0 Å². The van der Waals surface area contributed by atoms with Crippen molar-refractivity contribution in [1.29, 1.82) is 0 Å². The molecule has 2 nitrogen and oxygen atoms in total. The SMILES string of the molecule is Cc1ccccc1N1B2c3cc(C(C)(C)C)cc4c3N(c3cc5ccccc5c(c32)-c2ccc3c(sc5ccccc53)c21)C1(C)CCCCC41C. The van der Waals surface area contributed by atoms with Gasteiger partial charge in [-0.15, -0.1) is 11.3 Å². The van der Waals surface area contributed by atoms with E-state index in [1.54, 1.807) is 5.56 Å². The molecular weight excluding hydrogens is 635 g/mol. The van der Waals surface area contributed by atoms with E-state index in [4.69, 9.17) is 0 Å². The molecule has 4 aliphatic rings. The van der Waals surface area contributed by atoms with Crippen molar-refractivity contribution in [2.75, 3.05) is 9.71 Å². The van der Waals surface area contributed by atoms with Crippen molar-refractivity contribution >= 4 is 82.8 Å². The van der Waals surface area contributed by atoms with Crippen molar-refractivity contribution in [1.82, 2.24) is 0 Å². The predicted octanol–water partition coefficient (Wildman–Crippen LogP) is 11.8. The van der Waals surface area contributed by atoms with Crippen molar-refractivity contribution in [3.63, 3.8) is 0 Å². The second kappa shape index (κ2) is 9.86. The number of benzene rings is 6. The first-order valence-corrected chi connectivity index (χ1v) is 19.8. The number of nitrogens with zero attached hydrogens (tertiary/aromatic N) is 2. The third kappa shape index (κ3) is 3.65. The van der Waals surface area contributed by atoms with Crippen LogP contribution in [-0.4, -0.2) is 12.4 Å². The lowest BCUT2D eigenvalue weighted by Crippen LogP contribution is -2.64.